The van der Waals surface area contributed by atoms with Crippen molar-refractivity contribution in [3.8, 4) is 21.1 Å². The number of nitrogens with zero attached hydrogens (tertiary/aromatic N) is 1. The first kappa shape index (κ1) is 11.1. The lowest BCUT2D eigenvalue weighted by Crippen LogP contribution is -1.77. The zero-order valence-corrected chi connectivity index (χ0v) is 12.0. The average Bonchev–Trinajstić information content (AvgIpc) is 3.00. The molecular weight excluding hydrogens is 314 g/mol. The molecule has 1 aromatic carbocycles. The Morgan fingerprint density at radius 2 is 2.00 bits per heavy atom. The standard InChI is InChI=1S/C13H8BrNS2/c14-10-4-1-3-9(7-10)11-8-17-13(15-11)12-5-2-6-16-12/h1-8H. The van der Waals surface area contributed by atoms with Crippen LogP contribution in [0.2, 0.25) is 0 Å². The van der Waals surface area contributed by atoms with E-state index in [1.807, 2.05) is 12.1 Å². The number of halogens is 1. The van der Waals surface area contributed by atoms with Crippen LogP contribution in [0.25, 0.3) is 21.1 Å². The summed E-state index contributed by atoms with van der Waals surface area (Å²) in [6.07, 6.45) is 0. The molecular formula is C13H8BrNS2. The fourth-order valence-corrected chi connectivity index (χ4v) is 3.61. The largest absolute Gasteiger partial charge is 0.235 e. The summed E-state index contributed by atoms with van der Waals surface area (Å²) in [4.78, 5) is 5.90. The summed E-state index contributed by atoms with van der Waals surface area (Å²) in [5.41, 5.74) is 2.19. The average molecular weight is 322 g/mol. The van der Waals surface area contributed by atoms with Gasteiger partial charge >= 0.3 is 0 Å². The Hall–Kier alpha value is -0.970. The van der Waals surface area contributed by atoms with E-state index in [4.69, 9.17) is 0 Å². The van der Waals surface area contributed by atoms with Crippen molar-refractivity contribution in [2.75, 3.05) is 0 Å². The fourth-order valence-electron chi connectivity index (χ4n) is 1.57. The highest BCUT2D eigenvalue weighted by atomic mass is 79.9. The second kappa shape index (κ2) is 4.72. The molecule has 3 rings (SSSR count). The smallest absolute Gasteiger partial charge is 0.134 e. The lowest BCUT2D eigenvalue weighted by atomic mass is 10.2. The second-order valence-corrected chi connectivity index (χ2v) is 6.25. The van der Waals surface area contributed by atoms with E-state index < -0.39 is 0 Å². The highest BCUT2D eigenvalue weighted by Crippen LogP contribution is 2.32. The molecule has 0 aliphatic carbocycles. The zero-order valence-electron chi connectivity index (χ0n) is 8.76. The molecule has 3 aromatic rings. The maximum absolute atomic E-state index is 4.67. The van der Waals surface area contributed by atoms with Crippen LogP contribution < -0.4 is 0 Å². The molecule has 2 aromatic heterocycles. The summed E-state index contributed by atoms with van der Waals surface area (Å²) in [7, 11) is 0. The Balaban J connectivity index is 2.01. The molecule has 0 radical (unpaired) electrons. The first-order valence-corrected chi connectivity index (χ1v) is 7.63. The third-order valence-corrected chi connectivity index (χ3v) is 4.73. The van der Waals surface area contributed by atoms with Gasteiger partial charge in [-0.1, -0.05) is 34.1 Å². The van der Waals surface area contributed by atoms with E-state index in [0.29, 0.717) is 0 Å². The first-order chi connectivity index (χ1) is 8.33. The molecule has 0 saturated heterocycles. The van der Waals surface area contributed by atoms with Crippen LogP contribution in [-0.2, 0) is 0 Å². The molecule has 0 unspecified atom stereocenters. The van der Waals surface area contributed by atoms with Crippen LogP contribution in [0.5, 0.6) is 0 Å². The molecule has 2 heterocycles. The van der Waals surface area contributed by atoms with Gasteiger partial charge in [-0.2, -0.15) is 0 Å². The van der Waals surface area contributed by atoms with E-state index in [-0.39, 0.29) is 0 Å². The van der Waals surface area contributed by atoms with Crippen molar-refractivity contribution in [2.24, 2.45) is 0 Å². The number of aromatic nitrogens is 1. The van der Waals surface area contributed by atoms with Crippen LogP contribution in [0.4, 0.5) is 0 Å². The van der Waals surface area contributed by atoms with Crippen molar-refractivity contribution in [2.45, 2.75) is 0 Å². The predicted octanol–water partition coefficient (Wildman–Crippen LogP) is 5.30. The summed E-state index contributed by atoms with van der Waals surface area (Å²) < 4.78 is 1.08. The van der Waals surface area contributed by atoms with Crippen LogP contribution in [0, 0.1) is 0 Å². The van der Waals surface area contributed by atoms with Gasteiger partial charge in [0, 0.05) is 15.4 Å². The molecule has 84 valence electrons. The van der Waals surface area contributed by atoms with Crippen molar-refractivity contribution in [1.82, 2.24) is 4.98 Å². The molecule has 0 saturated carbocycles. The van der Waals surface area contributed by atoms with Crippen LogP contribution in [-0.4, -0.2) is 4.98 Å². The van der Waals surface area contributed by atoms with E-state index >= 15 is 0 Å². The van der Waals surface area contributed by atoms with Crippen LogP contribution in [0.1, 0.15) is 0 Å². The Morgan fingerprint density at radius 3 is 2.76 bits per heavy atom. The van der Waals surface area contributed by atoms with Gasteiger partial charge in [-0.25, -0.2) is 4.98 Å². The minimum absolute atomic E-state index is 1.04. The summed E-state index contributed by atoms with van der Waals surface area (Å²) >= 11 is 6.90. The van der Waals surface area contributed by atoms with Gasteiger partial charge in [0.25, 0.3) is 0 Å². The molecule has 17 heavy (non-hydrogen) atoms. The Kier molecular flexibility index (Phi) is 3.09. The molecule has 0 aliphatic heterocycles. The summed E-state index contributed by atoms with van der Waals surface area (Å²) in [5.74, 6) is 0. The van der Waals surface area contributed by atoms with E-state index in [2.05, 4.69) is 55.9 Å². The second-order valence-electron chi connectivity index (χ2n) is 3.53. The molecule has 0 atom stereocenters. The minimum atomic E-state index is 1.04. The lowest BCUT2D eigenvalue weighted by Gasteiger charge is -1.96. The molecule has 0 spiro atoms. The predicted molar refractivity (Wildman–Crippen MR) is 78.6 cm³/mol. The zero-order chi connectivity index (χ0) is 11.7. The first-order valence-electron chi connectivity index (χ1n) is 5.08. The molecule has 1 nitrogen and oxygen atoms in total. The highest BCUT2D eigenvalue weighted by molar-refractivity contribution is 9.10. The van der Waals surface area contributed by atoms with Crippen LogP contribution >= 0.6 is 38.6 Å². The number of hydrogen-bond acceptors (Lipinski definition) is 3. The molecule has 4 heteroatoms. The number of thiophene rings is 1. The van der Waals surface area contributed by atoms with E-state index in [1.165, 1.54) is 4.88 Å². The third kappa shape index (κ3) is 2.34. The normalized spacial score (nSPS) is 10.6. The van der Waals surface area contributed by atoms with Gasteiger partial charge in [0.05, 0.1) is 10.6 Å². The maximum atomic E-state index is 4.67. The Labute approximate surface area is 116 Å². The number of hydrogen-bond donors (Lipinski definition) is 0. The van der Waals surface area contributed by atoms with Crippen molar-refractivity contribution in [1.29, 1.82) is 0 Å². The van der Waals surface area contributed by atoms with Crippen LogP contribution in [0.15, 0.2) is 51.6 Å². The number of thiazole rings is 1. The topological polar surface area (TPSA) is 12.9 Å². The minimum Gasteiger partial charge on any atom is -0.235 e. The summed E-state index contributed by atoms with van der Waals surface area (Å²) in [6, 6.07) is 12.4. The summed E-state index contributed by atoms with van der Waals surface area (Å²) in [6.45, 7) is 0. The Morgan fingerprint density at radius 1 is 1.06 bits per heavy atom. The molecule has 0 bridgehead atoms. The highest BCUT2D eigenvalue weighted by Gasteiger charge is 2.07. The van der Waals surface area contributed by atoms with Gasteiger partial charge in [0.1, 0.15) is 5.01 Å². The van der Waals surface area contributed by atoms with E-state index in [9.17, 15) is 0 Å². The van der Waals surface area contributed by atoms with Gasteiger partial charge in [0.2, 0.25) is 0 Å². The quantitative estimate of drug-likeness (QED) is 0.624. The van der Waals surface area contributed by atoms with Crippen molar-refractivity contribution in [3.05, 3.63) is 51.6 Å². The van der Waals surface area contributed by atoms with E-state index in [1.54, 1.807) is 22.7 Å². The molecule has 0 amide bonds. The van der Waals surface area contributed by atoms with E-state index in [0.717, 1.165) is 20.7 Å². The van der Waals surface area contributed by atoms with Gasteiger partial charge in [-0.3, -0.25) is 0 Å². The third-order valence-electron chi connectivity index (χ3n) is 2.36. The maximum Gasteiger partial charge on any atom is 0.134 e. The van der Waals surface area contributed by atoms with Gasteiger partial charge in [0.15, 0.2) is 0 Å². The lowest BCUT2D eigenvalue weighted by molar-refractivity contribution is 1.41. The van der Waals surface area contributed by atoms with Crippen molar-refractivity contribution >= 4 is 38.6 Å². The van der Waals surface area contributed by atoms with Crippen LogP contribution in [0.3, 0.4) is 0 Å². The van der Waals surface area contributed by atoms with Gasteiger partial charge in [-0.05, 0) is 23.6 Å². The number of rotatable bonds is 2. The SMILES string of the molecule is Brc1cccc(-c2csc(-c3cccs3)n2)c1. The van der Waals surface area contributed by atoms with Gasteiger partial charge in [-0.15, -0.1) is 22.7 Å². The fraction of sp³-hybridized carbons (Fsp3) is 0. The van der Waals surface area contributed by atoms with Crippen molar-refractivity contribution < 1.29 is 0 Å². The molecule has 0 fully saturated rings. The monoisotopic (exact) mass is 321 g/mol. The molecule has 0 aliphatic rings. The molecule has 0 N–H and O–H groups in total. The van der Waals surface area contributed by atoms with Crippen molar-refractivity contribution in [3.63, 3.8) is 0 Å². The number of benzene rings is 1. The summed E-state index contributed by atoms with van der Waals surface area (Å²) in [5, 5.41) is 5.28. The van der Waals surface area contributed by atoms with Gasteiger partial charge < -0.3 is 0 Å². The Bertz CT molecular complexity index is 628.